The van der Waals surface area contributed by atoms with Crippen LogP contribution in [0.5, 0.6) is 5.75 Å². The number of nitrogens with one attached hydrogen (secondary N) is 1. The molecule has 0 bridgehead atoms. The van der Waals surface area contributed by atoms with E-state index in [4.69, 9.17) is 0 Å². The van der Waals surface area contributed by atoms with Crippen LogP contribution >= 0.6 is 0 Å². The minimum atomic E-state index is -0.342. The van der Waals surface area contributed by atoms with Crippen LogP contribution < -0.4 is 5.32 Å². The second kappa shape index (κ2) is 5.88. The highest BCUT2D eigenvalue weighted by Crippen LogP contribution is 2.41. The fourth-order valence-corrected chi connectivity index (χ4v) is 2.44. The Balaban J connectivity index is 2.60. The molecule has 2 nitrogen and oxygen atoms in total. The topological polar surface area (TPSA) is 32.3 Å². The lowest BCUT2D eigenvalue weighted by Crippen LogP contribution is -2.17. The number of aromatic hydroxyl groups is 1. The van der Waals surface area contributed by atoms with Crippen molar-refractivity contribution < 1.29 is 9.50 Å². The Labute approximate surface area is 138 Å². The third kappa shape index (κ3) is 3.84. The van der Waals surface area contributed by atoms with Gasteiger partial charge in [-0.25, -0.2) is 4.39 Å². The van der Waals surface area contributed by atoms with Crippen LogP contribution in [0, 0.1) is 5.82 Å². The van der Waals surface area contributed by atoms with Crippen LogP contribution in [0.25, 0.3) is 0 Å². The molecule has 0 heterocycles. The number of rotatable bonds is 2. The number of hydrogen-bond donors (Lipinski definition) is 2. The molecule has 0 aliphatic rings. The largest absolute Gasteiger partial charge is 0.505 e. The molecule has 0 aromatic heterocycles. The summed E-state index contributed by atoms with van der Waals surface area (Å²) < 4.78 is 13.9. The summed E-state index contributed by atoms with van der Waals surface area (Å²) in [5.41, 5.74) is 2.56. The highest BCUT2D eigenvalue weighted by Gasteiger charge is 2.25. The normalized spacial score (nSPS) is 12.3. The molecule has 2 N–H and O–H groups in total. The SMILES string of the molecule is CC(C)(C)c1cc(Nc2ccccc2F)c(O)c(C(C)(C)C)c1. The van der Waals surface area contributed by atoms with Crippen molar-refractivity contribution >= 4 is 11.4 Å². The van der Waals surface area contributed by atoms with Gasteiger partial charge in [0.2, 0.25) is 0 Å². The van der Waals surface area contributed by atoms with Gasteiger partial charge in [-0.3, -0.25) is 0 Å². The third-order valence-electron chi connectivity index (χ3n) is 3.93. The van der Waals surface area contributed by atoms with Gasteiger partial charge in [0.1, 0.15) is 11.6 Å². The predicted octanol–water partition coefficient (Wildman–Crippen LogP) is 5.87. The summed E-state index contributed by atoms with van der Waals surface area (Å²) in [4.78, 5) is 0. The van der Waals surface area contributed by atoms with Gasteiger partial charge in [0.05, 0.1) is 11.4 Å². The second-order valence-corrected chi connectivity index (χ2v) is 8.02. The monoisotopic (exact) mass is 315 g/mol. The fourth-order valence-electron chi connectivity index (χ4n) is 2.44. The number of benzene rings is 2. The summed E-state index contributed by atoms with van der Waals surface area (Å²) in [7, 11) is 0. The number of phenolic OH excluding ortho intramolecular Hbond substituents is 1. The summed E-state index contributed by atoms with van der Waals surface area (Å²) in [6.07, 6.45) is 0. The highest BCUT2D eigenvalue weighted by atomic mass is 19.1. The minimum absolute atomic E-state index is 0.0701. The first-order chi connectivity index (χ1) is 10.5. The molecule has 2 aromatic rings. The van der Waals surface area contributed by atoms with Crippen LogP contribution in [0.2, 0.25) is 0 Å². The zero-order chi connectivity index (χ0) is 17.4. The van der Waals surface area contributed by atoms with Gasteiger partial charge in [0, 0.05) is 5.56 Å². The van der Waals surface area contributed by atoms with E-state index in [1.165, 1.54) is 6.07 Å². The van der Waals surface area contributed by atoms with Crippen molar-refractivity contribution in [1.29, 1.82) is 0 Å². The Kier molecular flexibility index (Phi) is 4.43. The number of halogens is 1. The first-order valence-corrected chi connectivity index (χ1v) is 7.89. The van der Waals surface area contributed by atoms with E-state index in [0.29, 0.717) is 11.4 Å². The van der Waals surface area contributed by atoms with Crippen LogP contribution in [0.1, 0.15) is 52.7 Å². The van der Waals surface area contributed by atoms with E-state index in [1.807, 2.05) is 12.1 Å². The van der Waals surface area contributed by atoms with Crippen LogP contribution in [0.15, 0.2) is 36.4 Å². The molecule has 0 fully saturated rings. The third-order valence-corrected chi connectivity index (χ3v) is 3.93. The standard InChI is InChI=1S/C20H26FNO/c1-19(2,3)13-11-14(20(4,5)6)18(23)17(12-13)22-16-10-8-7-9-15(16)21/h7-12,22-23H,1-6H3. The molecule has 0 aliphatic carbocycles. The summed E-state index contributed by atoms with van der Waals surface area (Å²) >= 11 is 0. The summed E-state index contributed by atoms with van der Waals surface area (Å²) in [5.74, 6) is -0.167. The van der Waals surface area contributed by atoms with Crippen LogP contribution in [0.4, 0.5) is 15.8 Å². The first kappa shape index (κ1) is 17.3. The van der Waals surface area contributed by atoms with E-state index in [9.17, 15) is 9.50 Å². The van der Waals surface area contributed by atoms with Gasteiger partial charge in [-0.2, -0.15) is 0 Å². The Hall–Kier alpha value is -2.03. The molecule has 124 valence electrons. The lowest BCUT2D eigenvalue weighted by atomic mass is 9.79. The summed E-state index contributed by atoms with van der Waals surface area (Å²) in [5, 5.41) is 13.7. The van der Waals surface area contributed by atoms with E-state index < -0.39 is 0 Å². The van der Waals surface area contributed by atoms with Crippen molar-refractivity contribution in [2.45, 2.75) is 52.4 Å². The van der Waals surface area contributed by atoms with E-state index in [2.05, 4.69) is 46.9 Å². The molecule has 0 amide bonds. The van der Waals surface area contributed by atoms with Crippen molar-refractivity contribution in [3.63, 3.8) is 0 Å². The molecule has 0 saturated carbocycles. The van der Waals surface area contributed by atoms with Crippen molar-refractivity contribution in [3.8, 4) is 5.75 Å². The van der Waals surface area contributed by atoms with Gasteiger partial charge in [-0.15, -0.1) is 0 Å². The maximum Gasteiger partial charge on any atom is 0.146 e. The number of hydrogen-bond acceptors (Lipinski definition) is 2. The van der Waals surface area contributed by atoms with E-state index in [0.717, 1.165) is 11.1 Å². The average Bonchev–Trinajstić information content (AvgIpc) is 2.40. The van der Waals surface area contributed by atoms with Crippen molar-refractivity contribution in [2.24, 2.45) is 0 Å². The van der Waals surface area contributed by atoms with E-state index in [-0.39, 0.29) is 22.4 Å². The Morgan fingerprint density at radius 2 is 1.48 bits per heavy atom. The molecule has 0 spiro atoms. The fraction of sp³-hybridized carbons (Fsp3) is 0.400. The Morgan fingerprint density at radius 1 is 0.870 bits per heavy atom. The molecule has 0 saturated heterocycles. The number of para-hydroxylation sites is 1. The Bertz CT molecular complexity index is 709. The second-order valence-electron chi connectivity index (χ2n) is 8.02. The quantitative estimate of drug-likeness (QED) is 0.679. The molecular formula is C20H26FNO. The Morgan fingerprint density at radius 3 is 2.00 bits per heavy atom. The minimum Gasteiger partial charge on any atom is -0.505 e. The van der Waals surface area contributed by atoms with Gasteiger partial charge in [-0.1, -0.05) is 59.7 Å². The molecule has 23 heavy (non-hydrogen) atoms. The van der Waals surface area contributed by atoms with Gasteiger partial charge in [0.15, 0.2) is 0 Å². The molecule has 0 atom stereocenters. The molecule has 2 rings (SSSR count). The molecule has 3 heteroatoms. The lowest BCUT2D eigenvalue weighted by molar-refractivity contribution is 0.447. The van der Waals surface area contributed by atoms with Crippen molar-refractivity contribution in [3.05, 3.63) is 53.3 Å². The van der Waals surface area contributed by atoms with Crippen molar-refractivity contribution in [2.75, 3.05) is 5.32 Å². The summed E-state index contributed by atoms with van der Waals surface area (Å²) in [6, 6.07) is 10.4. The number of anilines is 2. The van der Waals surface area contributed by atoms with Gasteiger partial charge in [0.25, 0.3) is 0 Å². The van der Waals surface area contributed by atoms with Gasteiger partial charge >= 0.3 is 0 Å². The van der Waals surface area contributed by atoms with Crippen LogP contribution in [-0.2, 0) is 10.8 Å². The van der Waals surface area contributed by atoms with Gasteiger partial charge in [-0.05, 0) is 34.6 Å². The van der Waals surface area contributed by atoms with E-state index in [1.54, 1.807) is 18.2 Å². The maximum atomic E-state index is 13.9. The first-order valence-electron chi connectivity index (χ1n) is 7.89. The smallest absolute Gasteiger partial charge is 0.146 e. The van der Waals surface area contributed by atoms with Crippen LogP contribution in [-0.4, -0.2) is 5.11 Å². The molecule has 0 unspecified atom stereocenters. The zero-order valence-electron chi connectivity index (χ0n) is 14.8. The summed E-state index contributed by atoms with van der Waals surface area (Å²) in [6.45, 7) is 12.5. The van der Waals surface area contributed by atoms with Gasteiger partial charge < -0.3 is 10.4 Å². The predicted molar refractivity (Wildman–Crippen MR) is 95.2 cm³/mol. The highest BCUT2D eigenvalue weighted by molar-refractivity contribution is 5.70. The molecule has 0 radical (unpaired) electrons. The van der Waals surface area contributed by atoms with Crippen LogP contribution in [0.3, 0.4) is 0 Å². The molecular weight excluding hydrogens is 289 g/mol. The van der Waals surface area contributed by atoms with E-state index >= 15 is 0 Å². The maximum absolute atomic E-state index is 13.9. The molecule has 2 aromatic carbocycles. The average molecular weight is 315 g/mol. The molecule has 0 aliphatic heterocycles. The van der Waals surface area contributed by atoms with Crippen molar-refractivity contribution in [1.82, 2.24) is 0 Å². The zero-order valence-corrected chi connectivity index (χ0v) is 14.8. The lowest BCUT2D eigenvalue weighted by Gasteiger charge is -2.27. The number of phenols is 1.